The fraction of sp³-hybridized carbons (Fsp3) is 0.231. The minimum atomic E-state index is 0.0795. The van der Waals surface area contributed by atoms with Gasteiger partial charge in [0.1, 0.15) is 0 Å². The number of allylic oxidation sites excluding steroid dienone is 2. The first-order valence-electron chi connectivity index (χ1n) is 4.68. The van der Waals surface area contributed by atoms with Crippen LogP contribution in [0, 0.1) is 0 Å². The highest BCUT2D eigenvalue weighted by molar-refractivity contribution is 5.59. The number of hydrogen-bond acceptors (Lipinski definition) is 1. The zero-order chi connectivity index (χ0) is 10.6. The molecule has 0 saturated heterocycles. The molecule has 0 aliphatic carbocycles. The van der Waals surface area contributed by atoms with Crippen molar-refractivity contribution >= 4 is 6.08 Å². The van der Waals surface area contributed by atoms with Crippen molar-refractivity contribution in [3.8, 4) is 0 Å². The summed E-state index contributed by atoms with van der Waals surface area (Å²) in [6.07, 6.45) is 2.05. The third-order valence-electron chi connectivity index (χ3n) is 2.27. The molecule has 0 unspecified atom stereocenters. The van der Waals surface area contributed by atoms with E-state index in [0.29, 0.717) is 0 Å². The van der Waals surface area contributed by atoms with Crippen LogP contribution in [0.5, 0.6) is 0 Å². The molecule has 0 amide bonds. The first kappa shape index (κ1) is 10.7. The van der Waals surface area contributed by atoms with E-state index in [1.54, 1.807) is 0 Å². The predicted molar refractivity (Wildman–Crippen MR) is 60.8 cm³/mol. The van der Waals surface area contributed by atoms with Crippen LogP contribution in [0.2, 0.25) is 0 Å². The molecule has 14 heavy (non-hydrogen) atoms. The maximum Gasteiger partial charge on any atom is 0.0687 e. The summed E-state index contributed by atoms with van der Waals surface area (Å²) >= 11 is 0. The third-order valence-corrected chi connectivity index (χ3v) is 2.27. The van der Waals surface area contributed by atoms with Gasteiger partial charge in [0, 0.05) is 0 Å². The average molecular weight is 188 g/mol. The Morgan fingerprint density at radius 1 is 1.36 bits per heavy atom. The standard InChI is InChI=1S/C13H16O/c1-10(2)11(3)8-12-6-4-5-7-13(12)9-14/h4-8,14H,1,9H2,2-3H3/b11-8+. The molecule has 0 fully saturated rings. The number of rotatable bonds is 3. The second-order valence-electron chi connectivity index (χ2n) is 3.46. The fourth-order valence-corrected chi connectivity index (χ4v) is 1.18. The Kier molecular flexibility index (Phi) is 3.66. The van der Waals surface area contributed by atoms with E-state index in [4.69, 9.17) is 5.11 Å². The van der Waals surface area contributed by atoms with Gasteiger partial charge in [-0.2, -0.15) is 0 Å². The molecule has 74 valence electrons. The van der Waals surface area contributed by atoms with Crippen LogP contribution in [0.4, 0.5) is 0 Å². The number of hydrogen-bond donors (Lipinski definition) is 1. The zero-order valence-corrected chi connectivity index (χ0v) is 8.75. The van der Waals surface area contributed by atoms with Crippen LogP contribution in [-0.4, -0.2) is 5.11 Å². The lowest BCUT2D eigenvalue weighted by atomic mass is 10.0. The summed E-state index contributed by atoms with van der Waals surface area (Å²) in [5, 5.41) is 9.12. The van der Waals surface area contributed by atoms with E-state index in [1.807, 2.05) is 44.2 Å². The van der Waals surface area contributed by atoms with Crippen LogP contribution in [0.1, 0.15) is 25.0 Å². The molecule has 0 radical (unpaired) electrons. The predicted octanol–water partition coefficient (Wildman–Crippen LogP) is 3.16. The highest BCUT2D eigenvalue weighted by atomic mass is 16.3. The molecule has 1 aromatic rings. The highest BCUT2D eigenvalue weighted by Crippen LogP contribution is 2.16. The lowest BCUT2D eigenvalue weighted by molar-refractivity contribution is 0.281. The average Bonchev–Trinajstić information content (AvgIpc) is 2.18. The summed E-state index contributed by atoms with van der Waals surface area (Å²) in [6, 6.07) is 7.82. The van der Waals surface area contributed by atoms with E-state index in [0.717, 1.165) is 22.3 Å². The van der Waals surface area contributed by atoms with Crippen molar-refractivity contribution in [3.63, 3.8) is 0 Å². The molecular formula is C13H16O. The molecule has 0 heterocycles. The van der Waals surface area contributed by atoms with Gasteiger partial charge in [0.2, 0.25) is 0 Å². The summed E-state index contributed by atoms with van der Waals surface area (Å²) in [5.41, 5.74) is 4.22. The van der Waals surface area contributed by atoms with Crippen molar-refractivity contribution in [1.29, 1.82) is 0 Å². The van der Waals surface area contributed by atoms with Gasteiger partial charge in [-0.25, -0.2) is 0 Å². The Balaban J connectivity index is 3.07. The van der Waals surface area contributed by atoms with Gasteiger partial charge in [0.05, 0.1) is 6.61 Å². The molecule has 1 aromatic carbocycles. The van der Waals surface area contributed by atoms with Crippen LogP contribution < -0.4 is 0 Å². The normalized spacial score (nSPS) is 11.5. The van der Waals surface area contributed by atoms with E-state index in [1.165, 1.54) is 0 Å². The number of aliphatic hydroxyl groups excluding tert-OH is 1. The van der Waals surface area contributed by atoms with Crippen molar-refractivity contribution in [1.82, 2.24) is 0 Å². The van der Waals surface area contributed by atoms with Gasteiger partial charge in [-0.1, -0.05) is 42.5 Å². The van der Waals surface area contributed by atoms with Gasteiger partial charge in [0.25, 0.3) is 0 Å². The smallest absolute Gasteiger partial charge is 0.0687 e. The van der Waals surface area contributed by atoms with Crippen molar-refractivity contribution in [3.05, 3.63) is 53.1 Å². The van der Waals surface area contributed by atoms with Gasteiger partial charge >= 0.3 is 0 Å². The third kappa shape index (κ3) is 2.57. The van der Waals surface area contributed by atoms with E-state index < -0.39 is 0 Å². The molecule has 0 aliphatic rings. The maximum atomic E-state index is 9.12. The first-order valence-corrected chi connectivity index (χ1v) is 4.68. The van der Waals surface area contributed by atoms with E-state index in [-0.39, 0.29) is 6.61 Å². The lowest BCUT2D eigenvalue weighted by Crippen LogP contribution is -1.88. The van der Waals surface area contributed by atoms with Crippen LogP contribution in [0.3, 0.4) is 0 Å². The summed E-state index contributed by atoms with van der Waals surface area (Å²) in [6.45, 7) is 7.96. The van der Waals surface area contributed by atoms with Crippen LogP contribution in [0.25, 0.3) is 6.08 Å². The molecule has 1 nitrogen and oxygen atoms in total. The second kappa shape index (κ2) is 4.77. The molecule has 0 saturated carbocycles. The fourth-order valence-electron chi connectivity index (χ4n) is 1.18. The molecule has 0 bridgehead atoms. The molecule has 1 heteroatoms. The minimum Gasteiger partial charge on any atom is -0.392 e. The SMILES string of the molecule is C=C(C)/C(C)=C/c1ccccc1CO. The molecule has 0 aliphatic heterocycles. The summed E-state index contributed by atoms with van der Waals surface area (Å²) in [5.74, 6) is 0. The van der Waals surface area contributed by atoms with E-state index >= 15 is 0 Å². The first-order chi connectivity index (χ1) is 6.65. The minimum absolute atomic E-state index is 0.0795. The van der Waals surface area contributed by atoms with Crippen LogP contribution >= 0.6 is 0 Å². The van der Waals surface area contributed by atoms with Crippen molar-refractivity contribution < 1.29 is 5.11 Å². The molecule has 0 atom stereocenters. The maximum absolute atomic E-state index is 9.12. The molecule has 1 rings (SSSR count). The second-order valence-corrected chi connectivity index (χ2v) is 3.46. The Morgan fingerprint density at radius 2 is 2.00 bits per heavy atom. The number of aliphatic hydroxyl groups is 1. The van der Waals surface area contributed by atoms with Gasteiger partial charge in [-0.3, -0.25) is 0 Å². The van der Waals surface area contributed by atoms with Crippen molar-refractivity contribution in [2.24, 2.45) is 0 Å². The van der Waals surface area contributed by atoms with Gasteiger partial charge in [-0.05, 0) is 30.5 Å². The summed E-state index contributed by atoms with van der Waals surface area (Å²) in [4.78, 5) is 0. The summed E-state index contributed by atoms with van der Waals surface area (Å²) in [7, 11) is 0. The van der Waals surface area contributed by atoms with Crippen LogP contribution in [-0.2, 0) is 6.61 Å². The Hall–Kier alpha value is -1.34. The number of benzene rings is 1. The van der Waals surface area contributed by atoms with Gasteiger partial charge < -0.3 is 5.11 Å². The molecule has 1 N–H and O–H groups in total. The van der Waals surface area contributed by atoms with Crippen molar-refractivity contribution in [2.75, 3.05) is 0 Å². The van der Waals surface area contributed by atoms with Crippen LogP contribution in [0.15, 0.2) is 42.0 Å². The van der Waals surface area contributed by atoms with E-state index in [2.05, 4.69) is 6.58 Å². The van der Waals surface area contributed by atoms with Gasteiger partial charge in [0.15, 0.2) is 0 Å². The van der Waals surface area contributed by atoms with Crippen molar-refractivity contribution in [2.45, 2.75) is 20.5 Å². The molecule has 0 spiro atoms. The summed E-state index contributed by atoms with van der Waals surface area (Å²) < 4.78 is 0. The molecular weight excluding hydrogens is 172 g/mol. The van der Waals surface area contributed by atoms with Gasteiger partial charge in [-0.15, -0.1) is 0 Å². The highest BCUT2D eigenvalue weighted by Gasteiger charge is 1.97. The van der Waals surface area contributed by atoms with E-state index in [9.17, 15) is 0 Å². The largest absolute Gasteiger partial charge is 0.392 e. The zero-order valence-electron chi connectivity index (χ0n) is 8.75. The quantitative estimate of drug-likeness (QED) is 0.722. The topological polar surface area (TPSA) is 20.2 Å². The Labute approximate surface area is 85.4 Å². The molecule has 0 aromatic heterocycles. The monoisotopic (exact) mass is 188 g/mol. The Bertz CT molecular complexity index is 361. The Morgan fingerprint density at radius 3 is 2.57 bits per heavy atom. The lowest BCUT2D eigenvalue weighted by Gasteiger charge is -2.04.